The predicted octanol–water partition coefficient (Wildman–Crippen LogP) is 1.47. The van der Waals surface area contributed by atoms with E-state index in [1.54, 1.807) is 30.0 Å². The molecule has 1 aromatic rings. The summed E-state index contributed by atoms with van der Waals surface area (Å²) in [6.45, 7) is 3.09. The topological polar surface area (TPSA) is 78.8 Å². The van der Waals surface area contributed by atoms with Crippen molar-refractivity contribution in [3.63, 3.8) is 0 Å². The summed E-state index contributed by atoms with van der Waals surface area (Å²) in [5, 5.41) is 21.6. The van der Waals surface area contributed by atoms with Gasteiger partial charge in [0.15, 0.2) is 0 Å². The number of nitrogens with one attached hydrogen (secondary N) is 1. The quantitative estimate of drug-likeness (QED) is 0.599. The second-order valence-corrected chi connectivity index (χ2v) is 5.43. The molecular formula is C14H21NO4S. The van der Waals surface area contributed by atoms with Gasteiger partial charge in [0.1, 0.15) is 17.9 Å². The molecule has 5 nitrogen and oxygen atoms in total. The van der Waals surface area contributed by atoms with E-state index in [0.29, 0.717) is 18.9 Å². The first-order valence-electron chi connectivity index (χ1n) is 6.42. The zero-order valence-corrected chi connectivity index (χ0v) is 12.5. The average molecular weight is 299 g/mol. The van der Waals surface area contributed by atoms with Crippen LogP contribution in [-0.2, 0) is 0 Å². The van der Waals surface area contributed by atoms with E-state index in [1.165, 1.54) is 6.07 Å². The fraction of sp³-hybridized carbons (Fsp3) is 0.500. The molecule has 0 radical (unpaired) electrons. The van der Waals surface area contributed by atoms with Crippen molar-refractivity contribution in [3.8, 4) is 5.75 Å². The van der Waals surface area contributed by atoms with Gasteiger partial charge in [-0.25, -0.2) is 4.79 Å². The van der Waals surface area contributed by atoms with Gasteiger partial charge >= 0.3 is 5.97 Å². The number of aliphatic hydroxyl groups is 1. The predicted molar refractivity (Wildman–Crippen MR) is 80.7 cm³/mol. The van der Waals surface area contributed by atoms with Crippen LogP contribution in [0.3, 0.4) is 0 Å². The van der Waals surface area contributed by atoms with Gasteiger partial charge in [0.25, 0.3) is 0 Å². The van der Waals surface area contributed by atoms with Crippen molar-refractivity contribution < 1.29 is 19.7 Å². The van der Waals surface area contributed by atoms with Crippen LogP contribution in [0.15, 0.2) is 24.3 Å². The van der Waals surface area contributed by atoms with Gasteiger partial charge < -0.3 is 20.3 Å². The van der Waals surface area contributed by atoms with Crippen molar-refractivity contribution in [2.45, 2.75) is 18.2 Å². The Bertz CT molecular complexity index is 423. The Morgan fingerprint density at radius 1 is 1.45 bits per heavy atom. The highest BCUT2D eigenvalue weighted by molar-refractivity contribution is 7.99. The number of ether oxygens (including phenoxy) is 1. The Morgan fingerprint density at radius 2 is 2.15 bits per heavy atom. The molecule has 0 aliphatic carbocycles. The molecule has 20 heavy (non-hydrogen) atoms. The Kier molecular flexibility index (Phi) is 7.43. The Morgan fingerprint density at radius 3 is 2.75 bits per heavy atom. The van der Waals surface area contributed by atoms with Gasteiger partial charge in [0, 0.05) is 17.8 Å². The number of aliphatic hydroxyl groups excluding tert-OH is 1. The highest BCUT2D eigenvalue weighted by Gasteiger charge is 2.14. The van der Waals surface area contributed by atoms with E-state index in [1.807, 2.05) is 13.2 Å². The van der Waals surface area contributed by atoms with Crippen LogP contribution >= 0.6 is 11.8 Å². The highest BCUT2D eigenvalue weighted by Crippen LogP contribution is 2.17. The SMILES string of the molecule is CSC(CO)C(C)NCCOc1ccccc1C(=O)O. The lowest BCUT2D eigenvalue weighted by atomic mass is 10.2. The molecule has 0 aliphatic heterocycles. The Labute approximate surface area is 123 Å². The Balaban J connectivity index is 2.40. The molecule has 0 aromatic heterocycles. The highest BCUT2D eigenvalue weighted by atomic mass is 32.2. The number of aromatic carboxylic acids is 1. The molecule has 112 valence electrons. The first-order chi connectivity index (χ1) is 9.60. The number of hydrogen-bond acceptors (Lipinski definition) is 5. The van der Waals surface area contributed by atoms with Crippen LogP contribution in [0.5, 0.6) is 5.75 Å². The van der Waals surface area contributed by atoms with Crippen molar-refractivity contribution in [2.24, 2.45) is 0 Å². The molecule has 6 heteroatoms. The molecule has 1 rings (SSSR count). The third-order valence-corrected chi connectivity index (χ3v) is 4.15. The van der Waals surface area contributed by atoms with Crippen LogP contribution in [0.2, 0.25) is 0 Å². The molecule has 2 atom stereocenters. The lowest BCUT2D eigenvalue weighted by Gasteiger charge is -2.21. The van der Waals surface area contributed by atoms with Gasteiger partial charge in [-0.3, -0.25) is 0 Å². The molecule has 0 saturated carbocycles. The lowest BCUT2D eigenvalue weighted by molar-refractivity contribution is 0.0692. The summed E-state index contributed by atoms with van der Waals surface area (Å²) < 4.78 is 5.48. The monoisotopic (exact) mass is 299 g/mol. The fourth-order valence-electron chi connectivity index (χ4n) is 1.78. The number of hydrogen-bond donors (Lipinski definition) is 3. The second-order valence-electron chi connectivity index (χ2n) is 4.35. The molecule has 0 amide bonds. The minimum absolute atomic E-state index is 0.123. The van der Waals surface area contributed by atoms with Gasteiger partial charge in [0.05, 0.1) is 6.61 Å². The van der Waals surface area contributed by atoms with Gasteiger partial charge in [0.2, 0.25) is 0 Å². The molecule has 0 spiro atoms. The molecule has 1 aromatic carbocycles. The van der Waals surface area contributed by atoms with Gasteiger partial charge in [-0.15, -0.1) is 0 Å². The molecule has 0 bridgehead atoms. The number of thioether (sulfide) groups is 1. The minimum atomic E-state index is -0.996. The maximum absolute atomic E-state index is 11.0. The average Bonchev–Trinajstić information content (AvgIpc) is 2.45. The van der Waals surface area contributed by atoms with Crippen LogP contribution < -0.4 is 10.1 Å². The van der Waals surface area contributed by atoms with Crippen LogP contribution in [0.1, 0.15) is 17.3 Å². The van der Waals surface area contributed by atoms with Crippen molar-refractivity contribution in [1.29, 1.82) is 0 Å². The summed E-state index contributed by atoms with van der Waals surface area (Å²) in [6, 6.07) is 6.73. The molecule has 0 fully saturated rings. The number of carboxylic acids is 1. The number of rotatable bonds is 9. The molecule has 0 saturated heterocycles. The fourth-order valence-corrected chi connectivity index (χ4v) is 2.44. The zero-order chi connectivity index (χ0) is 15.0. The first-order valence-corrected chi connectivity index (χ1v) is 7.71. The molecule has 2 unspecified atom stereocenters. The van der Waals surface area contributed by atoms with Gasteiger partial charge in [-0.05, 0) is 25.3 Å². The maximum atomic E-state index is 11.0. The van der Waals surface area contributed by atoms with E-state index in [4.69, 9.17) is 9.84 Å². The second kappa shape index (κ2) is 8.84. The van der Waals surface area contributed by atoms with E-state index < -0.39 is 5.97 Å². The smallest absolute Gasteiger partial charge is 0.339 e. The zero-order valence-electron chi connectivity index (χ0n) is 11.7. The normalized spacial score (nSPS) is 13.8. The van der Waals surface area contributed by atoms with Crippen molar-refractivity contribution in [3.05, 3.63) is 29.8 Å². The van der Waals surface area contributed by atoms with Gasteiger partial charge in [-0.1, -0.05) is 12.1 Å². The largest absolute Gasteiger partial charge is 0.491 e. The summed E-state index contributed by atoms with van der Waals surface area (Å²) in [6.07, 6.45) is 1.96. The number of carboxylic acid groups (broad SMARTS) is 1. The van der Waals surface area contributed by atoms with Crippen molar-refractivity contribution in [2.75, 3.05) is 26.0 Å². The summed E-state index contributed by atoms with van der Waals surface area (Å²) in [5.41, 5.74) is 0.165. The van der Waals surface area contributed by atoms with E-state index >= 15 is 0 Å². The first kappa shape index (κ1) is 16.8. The maximum Gasteiger partial charge on any atom is 0.339 e. The van der Waals surface area contributed by atoms with Crippen molar-refractivity contribution in [1.82, 2.24) is 5.32 Å². The van der Waals surface area contributed by atoms with E-state index in [-0.39, 0.29) is 23.5 Å². The third-order valence-electron chi connectivity index (χ3n) is 2.98. The van der Waals surface area contributed by atoms with Crippen LogP contribution in [0.25, 0.3) is 0 Å². The van der Waals surface area contributed by atoms with E-state index in [9.17, 15) is 9.90 Å². The van der Waals surface area contributed by atoms with Crippen LogP contribution in [-0.4, -0.2) is 53.5 Å². The van der Waals surface area contributed by atoms with Gasteiger partial charge in [-0.2, -0.15) is 11.8 Å². The standard InChI is InChI=1S/C14H21NO4S/c1-10(13(9-16)20-2)15-7-8-19-12-6-4-3-5-11(12)14(17)18/h3-6,10,13,15-16H,7-9H2,1-2H3,(H,17,18). The Hall–Kier alpha value is -1.24. The minimum Gasteiger partial charge on any atom is -0.491 e. The number of para-hydroxylation sites is 1. The summed E-state index contributed by atoms with van der Waals surface area (Å²) in [4.78, 5) is 11.0. The van der Waals surface area contributed by atoms with Crippen LogP contribution in [0, 0.1) is 0 Å². The lowest BCUT2D eigenvalue weighted by Crippen LogP contribution is -2.39. The van der Waals surface area contributed by atoms with E-state index in [0.717, 1.165) is 0 Å². The third kappa shape index (κ3) is 5.03. The summed E-state index contributed by atoms with van der Waals surface area (Å²) >= 11 is 1.61. The number of carbonyl (C=O) groups is 1. The molecular weight excluding hydrogens is 278 g/mol. The summed E-state index contributed by atoms with van der Waals surface area (Å²) in [7, 11) is 0. The molecule has 0 aliphatic rings. The molecule has 0 heterocycles. The van der Waals surface area contributed by atoms with Crippen molar-refractivity contribution >= 4 is 17.7 Å². The molecule has 3 N–H and O–H groups in total. The summed E-state index contributed by atoms with van der Waals surface area (Å²) in [5.74, 6) is -0.623. The van der Waals surface area contributed by atoms with E-state index in [2.05, 4.69) is 5.32 Å². The number of benzene rings is 1. The van der Waals surface area contributed by atoms with Crippen LogP contribution in [0.4, 0.5) is 0 Å².